The van der Waals surface area contributed by atoms with Crippen molar-refractivity contribution in [1.29, 1.82) is 0 Å². The minimum Gasteiger partial charge on any atom is -0.380 e. The van der Waals surface area contributed by atoms with Crippen LogP contribution >= 0.6 is 0 Å². The zero-order valence-electron chi connectivity index (χ0n) is 9.54. The van der Waals surface area contributed by atoms with Gasteiger partial charge in [0.05, 0.1) is 18.3 Å². The van der Waals surface area contributed by atoms with E-state index in [1.165, 1.54) is 0 Å². The van der Waals surface area contributed by atoms with E-state index in [-0.39, 0.29) is 0 Å². The summed E-state index contributed by atoms with van der Waals surface area (Å²) in [5.74, 6) is 0. The lowest BCUT2D eigenvalue weighted by Crippen LogP contribution is -2.18. The molecule has 1 N–H and O–H groups in total. The van der Waals surface area contributed by atoms with Crippen LogP contribution in [0.2, 0.25) is 0 Å². The van der Waals surface area contributed by atoms with Crippen LogP contribution in [0.15, 0.2) is 42.7 Å². The van der Waals surface area contributed by atoms with Crippen LogP contribution in [0.1, 0.15) is 6.42 Å². The van der Waals surface area contributed by atoms with Gasteiger partial charge in [-0.1, -0.05) is 0 Å². The van der Waals surface area contributed by atoms with E-state index < -0.39 is 0 Å². The van der Waals surface area contributed by atoms with Gasteiger partial charge in [0.1, 0.15) is 0 Å². The van der Waals surface area contributed by atoms with Gasteiger partial charge in [-0.05, 0) is 36.8 Å². The Morgan fingerprint density at radius 3 is 2.82 bits per heavy atom. The number of rotatable bonds is 3. The topological polar surface area (TPSA) is 39.1 Å². The van der Waals surface area contributed by atoms with Crippen LogP contribution in [0.5, 0.6) is 0 Å². The van der Waals surface area contributed by atoms with Gasteiger partial charge in [0.2, 0.25) is 0 Å². The normalized spacial score (nSPS) is 19.4. The molecule has 1 fully saturated rings. The molecule has 0 spiro atoms. The molecule has 1 aliphatic rings. The summed E-state index contributed by atoms with van der Waals surface area (Å²) in [7, 11) is 0. The number of benzene rings is 1. The van der Waals surface area contributed by atoms with Crippen molar-refractivity contribution in [2.75, 3.05) is 18.5 Å². The van der Waals surface area contributed by atoms with Crippen LogP contribution in [-0.4, -0.2) is 29.0 Å². The Kier molecular flexibility index (Phi) is 2.80. The molecule has 1 aromatic heterocycles. The molecule has 0 aliphatic carbocycles. The molecule has 1 unspecified atom stereocenters. The molecule has 0 bridgehead atoms. The highest BCUT2D eigenvalue weighted by atomic mass is 16.5. The maximum absolute atomic E-state index is 5.34. The summed E-state index contributed by atoms with van der Waals surface area (Å²) in [6.07, 6.45) is 4.80. The van der Waals surface area contributed by atoms with E-state index in [4.69, 9.17) is 4.74 Å². The van der Waals surface area contributed by atoms with Gasteiger partial charge in [-0.2, -0.15) is 5.10 Å². The Labute approximate surface area is 100 Å². The van der Waals surface area contributed by atoms with Crippen molar-refractivity contribution in [2.45, 2.75) is 12.5 Å². The lowest BCUT2D eigenvalue weighted by molar-refractivity contribution is 0.195. The summed E-state index contributed by atoms with van der Waals surface area (Å²) in [4.78, 5) is 0. The van der Waals surface area contributed by atoms with E-state index in [0.717, 1.165) is 31.0 Å². The summed E-state index contributed by atoms with van der Waals surface area (Å²) in [6, 6.07) is 10.6. The van der Waals surface area contributed by atoms with Gasteiger partial charge in [0.25, 0.3) is 0 Å². The van der Waals surface area contributed by atoms with E-state index in [1.54, 1.807) is 6.20 Å². The van der Waals surface area contributed by atoms with Crippen molar-refractivity contribution in [3.63, 3.8) is 0 Å². The molecule has 1 atom stereocenters. The molecule has 17 heavy (non-hydrogen) atoms. The van der Waals surface area contributed by atoms with E-state index in [0.29, 0.717) is 6.04 Å². The first kappa shape index (κ1) is 10.4. The Morgan fingerprint density at radius 1 is 1.29 bits per heavy atom. The maximum atomic E-state index is 5.34. The van der Waals surface area contributed by atoms with Gasteiger partial charge < -0.3 is 10.1 Å². The average molecular weight is 229 g/mol. The predicted octanol–water partition coefficient (Wildman–Crippen LogP) is 2.07. The lowest BCUT2D eigenvalue weighted by Gasteiger charge is -2.12. The van der Waals surface area contributed by atoms with Crippen molar-refractivity contribution in [3.8, 4) is 5.69 Å². The fraction of sp³-hybridized carbons (Fsp3) is 0.308. The minimum atomic E-state index is 0.450. The number of aromatic nitrogens is 2. The van der Waals surface area contributed by atoms with E-state index in [2.05, 4.69) is 34.7 Å². The molecule has 0 radical (unpaired) electrons. The molecule has 1 saturated heterocycles. The highest BCUT2D eigenvalue weighted by Crippen LogP contribution is 2.16. The molecular formula is C13H15N3O. The van der Waals surface area contributed by atoms with Crippen molar-refractivity contribution < 1.29 is 4.74 Å². The van der Waals surface area contributed by atoms with Crippen molar-refractivity contribution in [1.82, 2.24) is 9.78 Å². The number of anilines is 1. The van der Waals surface area contributed by atoms with Crippen LogP contribution < -0.4 is 5.32 Å². The highest BCUT2D eigenvalue weighted by molar-refractivity contribution is 5.49. The third-order valence-corrected chi connectivity index (χ3v) is 2.94. The predicted molar refractivity (Wildman–Crippen MR) is 66.4 cm³/mol. The SMILES string of the molecule is c1cnn(-c2ccc(NC3CCOC3)cc2)c1. The second kappa shape index (κ2) is 4.59. The third kappa shape index (κ3) is 2.31. The highest BCUT2D eigenvalue weighted by Gasteiger charge is 2.14. The summed E-state index contributed by atoms with van der Waals surface area (Å²) in [5, 5.41) is 7.65. The largest absolute Gasteiger partial charge is 0.380 e. The van der Waals surface area contributed by atoms with E-state index in [9.17, 15) is 0 Å². The molecule has 0 amide bonds. The standard InChI is InChI=1S/C13H15N3O/c1-7-14-16(8-1)13-4-2-11(3-5-13)15-12-6-9-17-10-12/h1-5,7-8,12,15H,6,9-10H2. The molecule has 1 aliphatic heterocycles. The van der Waals surface area contributed by atoms with Gasteiger partial charge in [-0.15, -0.1) is 0 Å². The van der Waals surface area contributed by atoms with E-state index in [1.807, 2.05) is 16.9 Å². The minimum absolute atomic E-state index is 0.450. The first-order valence-corrected chi connectivity index (χ1v) is 5.86. The Balaban J connectivity index is 1.71. The van der Waals surface area contributed by atoms with Gasteiger partial charge in [-0.3, -0.25) is 0 Å². The molecule has 4 nitrogen and oxygen atoms in total. The van der Waals surface area contributed by atoms with Crippen LogP contribution in [0.4, 0.5) is 5.69 Å². The van der Waals surface area contributed by atoms with Gasteiger partial charge in [-0.25, -0.2) is 4.68 Å². The second-order valence-electron chi connectivity index (χ2n) is 4.20. The number of ether oxygens (including phenoxy) is 1. The van der Waals surface area contributed by atoms with Gasteiger partial charge >= 0.3 is 0 Å². The van der Waals surface area contributed by atoms with Crippen LogP contribution in [0, 0.1) is 0 Å². The van der Waals surface area contributed by atoms with Crippen LogP contribution in [-0.2, 0) is 4.74 Å². The molecule has 2 aromatic rings. The molecule has 1 aromatic carbocycles. The van der Waals surface area contributed by atoms with Crippen LogP contribution in [0.25, 0.3) is 5.69 Å². The van der Waals surface area contributed by atoms with Crippen molar-refractivity contribution in [2.24, 2.45) is 0 Å². The number of nitrogens with one attached hydrogen (secondary N) is 1. The lowest BCUT2D eigenvalue weighted by atomic mass is 10.2. The van der Waals surface area contributed by atoms with Gasteiger partial charge in [0.15, 0.2) is 0 Å². The molecule has 4 heteroatoms. The Morgan fingerprint density at radius 2 is 2.18 bits per heavy atom. The number of hydrogen-bond acceptors (Lipinski definition) is 3. The second-order valence-corrected chi connectivity index (χ2v) is 4.20. The molecular weight excluding hydrogens is 214 g/mol. The summed E-state index contributed by atoms with van der Waals surface area (Å²) >= 11 is 0. The monoisotopic (exact) mass is 229 g/mol. The van der Waals surface area contributed by atoms with Crippen molar-refractivity contribution >= 4 is 5.69 Å². The zero-order chi connectivity index (χ0) is 11.5. The number of nitrogens with zero attached hydrogens (tertiary/aromatic N) is 2. The summed E-state index contributed by atoms with van der Waals surface area (Å²) in [5.41, 5.74) is 2.21. The molecule has 3 rings (SSSR count). The quantitative estimate of drug-likeness (QED) is 0.875. The number of hydrogen-bond donors (Lipinski definition) is 1. The Hall–Kier alpha value is -1.81. The molecule has 88 valence electrons. The smallest absolute Gasteiger partial charge is 0.0668 e. The first-order valence-electron chi connectivity index (χ1n) is 5.86. The Bertz CT molecular complexity index is 458. The zero-order valence-corrected chi connectivity index (χ0v) is 9.54. The molecule has 2 heterocycles. The van der Waals surface area contributed by atoms with Crippen molar-refractivity contribution in [3.05, 3.63) is 42.7 Å². The molecule has 0 saturated carbocycles. The fourth-order valence-electron chi connectivity index (χ4n) is 2.02. The third-order valence-electron chi connectivity index (χ3n) is 2.94. The van der Waals surface area contributed by atoms with Gasteiger partial charge in [0, 0.05) is 24.7 Å². The van der Waals surface area contributed by atoms with Crippen LogP contribution in [0.3, 0.4) is 0 Å². The summed E-state index contributed by atoms with van der Waals surface area (Å²) in [6.45, 7) is 1.67. The van der Waals surface area contributed by atoms with E-state index >= 15 is 0 Å². The summed E-state index contributed by atoms with van der Waals surface area (Å²) < 4.78 is 7.18. The average Bonchev–Trinajstić information content (AvgIpc) is 3.01. The fourth-order valence-corrected chi connectivity index (χ4v) is 2.02. The maximum Gasteiger partial charge on any atom is 0.0668 e. The first-order chi connectivity index (χ1) is 8.42.